The Morgan fingerprint density at radius 3 is 1.26 bits per heavy atom. The highest BCUT2D eigenvalue weighted by Crippen LogP contribution is 2.36. The maximum absolute atomic E-state index is 12.7. The number of anilines is 2. The minimum Gasteiger partial charge on any atom is -0.437 e. The predicted molar refractivity (Wildman–Crippen MR) is 193 cm³/mol. The van der Waals surface area contributed by atoms with Crippen LogP contribution in [0.1, 0.15) is 11.1 Å². The average molecular weight is 777 g/mol. The summed E-state index contributed by atoms with van der Waals surface area (Å²) < 4.78 is 89.5. The number of fused-ring (bicyclic) bond motifs is 2. The number of nitrogen functional groups attached to an aromatic ring is 2. The fourth-order valence-corrected chi connectivity index (χ4v) is 6.54. The standard InChI is InChI=1S/2C18H11F3N4OS/c2*19-18(20,21)11-6-4-10(5-7-11)12-8-15(24-9-23-12)26-13-2-1-3-14-16(13)25-17(22)27-14/h2*1-9H,(H2,22,25). The van der Waals surface area contributed by atoms with E-state index in [4.69, 9.17) is 20.9 Å². The zero-order valence-electron chi connectivity index (χ0n) is 27.1. The molecular formula is C36H22F6N8O2S2. The lowest BCUT2D eigenvalue weighted by Gasteiger charge is -2.09. The summed E-state index contributed by atoms with van der Waals surface area (Å²) in [6, 6.07) is 23.4. The Bertz CT molecular complexity index is 2400. The van der Waals surface area contributed by atoms with Gasteiger partial charge in [-0.25, -0.2) is 29.9 Å². The van der Waals surface area contributed by atoms with Gasteiger partial charge < -0.3 is 20.9 Å². The molecular weight excluding hydrogens is 755 g/mol. The fraction of sp³-hybridized carbons (Fsp3) is 0.0556. The van der Waals surface area contributed by atoms with Gasteiger partial charge in [-0.2, -0.15) is 26.3 Å². The van der Waals surface area contributed by atoms with Crippen molar-refractivity contribution in [1.82, 2.24) is 29.9 Å². The molecule has 0 fully saturated rings. The van der Waals surface area contributed by atoms with Crippen molar-refractivity contribution in [1.29, 1.82) is 0 Å². The van der Waals surface area contributed by atoms with Crippen LogP contribution in [0.25, 0.3) is 42.9 Å². The molecule has 0 atom stereocenters. The van der Waals surface area contributed by atoms with Gasteiger partial charge in [-0.1, -0.05) is 59.1 Å². The molecule has 0 saturated carbocycles. The molecule has 8 aromatic rings. The first-order chi connectivity index (χ1) is 25.8. The minimum absolute atomic E-state index is 0.249. The molecule has 0 radical (unpaired) electrons. The smallest absolute Gasteiger partial charge is 0.416 e. The van der Waals surface area contributed by atoms with Crippen LogP contribution < -0.4 is 20.9 Å². The van der Waals surface area contributed by atoms with Gasteiger partial charge in [-0.05, 0) is 48.5 Å². The van der Waals surface area contributed by atoms with Crippen molar-refractivity contribution in [2.45, 2.75) is 12.4 Å². The van der Waals surface area contributed by atoms with Gasteiger partial charge >= 0.3 is 12.4 Å². The maximum Gasteiger partial charge on any atom is 0.416 e. The van der Waals surface area contributed by atoms with Crippen LogP contribution in [-0.2, 0) is 12.4 Å². The average Bonchev–Trinajstić information content (AvgIpc) is 3.73. The second kappa shape index (κ2) is 14.6. The van der Waals surface area contributed by atoms with E-state index in [1.807, 2.05) is 24.3 Å². The second-order valence-corrected chi connectivity index (χ2v) is 13.3. The third-order valence-electron chi connectivity index (χ3n) is 7.53. The predicted octanol–water partition coefficient (Wildman–Crippen LogP) is 10.3. The molecule has 54 heavy (non-hydrogen) atoms. The van der Waals surface area contributed by atoms with Gasteiger partial charge in [0.15, 0.2) is 21.8 Å². The third-order valence-corrected chi connectivity index (χ3v) is 9.23. The number of thiazole rings is 2. The number of aromatic nitrogens is 6. The van der Waals surface area contributed by atoms with Crippen molar-refractivity contribution < 1.29 is 35.8 Å². The Balaban J connectivity index is 0.000000167. The number of nitrogens with two attached hydrogens (primary N) is 2. The monoisotopic (exact) mass is 776 g/mol. The lowest BCUT2D eigenvalue weighted by atomic mass is 10.1. The summed E-state index contributed by atoms with van der Waals surface area (Å²) >= 11 is 2.68. The molecule has 4 N–H and O–H groups in total. The van der Waals surface area contributed by atoms with Crippen LogP contribution >= 0.6 is 22.7 Å². The lowest BCUT2D eigenvalue weighted by molar-refractivity contribution is -0.138. The summed E-state index contributed by atoms with van der Waals surface area (Å²) in [5, 5.41) is 0.850. The van der Waals surface area contributed by atoms with E-state index in [0.717, 1.165) is 33.7 Å². The highest BCUT2D eigenvalue weighted by molar-refractivity contribution is 7.22. The molecule has 0 bridgehead atoms. The first-order valence-electron chi connectivity index (χ1n) is 15.5. The number of halogens is 6. The fourth-order valence-electron chi connectivity index (χ4n) is 5.04. The van der Waals surface area contributed by atoms with E-state index in [9.17, 15) is 26.3 Å². The maximum atomic E-state index is 12.7. The van der Waals surface area contributed by atoms with E-state index < -0.39 is 23.5 Å². The molecule has 0 unspecified atom stereocenters. The van der Waals surface area contributed by atoms with Crippen LogP contribution in [0.3, 0.4) is 0 Å². The van der Waals surface area contributed by atoms with E-state index >= 15 is 0 Å². The van der Waals surface area contributed by atoms with Crippen molar-refractivity contribution in [3.8, 4) is 45.8 Å². The van der Waals surface area contributed by atoms with Gasteiger partial charge in [0.1, 0.15) is 23.7 Å². The number of para-hydroxylation sites is 2. The van der Waals surface area contributed by atoms with Gasteiger partial charge in [0.25, 0.3) is 0 Å². The third kappa shape index (κ3) is 8.13. The van der Waals surface area contributed by atoms with Gasteiger partial charge in [0, 0.05) is 23.3 Å². The lowest BCUT2D eigenvalue weighted by Crippen LogP contribution is -2.04. The molecule has 18 heteroatoms. The van der Waals surface area contributed by atoms with E-state index in [0.29, 0.717) is 55.3 Å². The number of rotatable bonds is 6. The number of nitrogens with zero attached hydrogens (tertiary/aromatic N) is 6. The summed E-state index contributed by atoms with van der Waals surface area (Å²) in [5.41, 5.74) is 13.2. The molecule has 10 nitrogen and oxygen atoms in total. The van der Waals surface area contributed by atoms with Crippen LogP contribution in [0.15, 0.2) is 110 Å². The van der Waals surface area contributed by atoms with Crippen molar-refractivity contribution in [3.63, 3.8) is 0 Å². The number of hydrogen-bond donors (Lipinski definition) is 2. The Labute approximate surface area is 308 Å². The van der Waals surface area contributed by atoms with Gasteiger partial charge in [-0.3, -0.25) is 0 Å². The van der Waals surface area contributed by atoms with Gasteiger partial charge in [0.2, 0.25) is 11.8 Å². The molecule has 0 spiro atoms. The topological polar surface area (TPSA) is 148 Å². The Kier molecular flexibility index (Phi) is 9.70. The van der Waals surface area contributed by atoms with Gasteiger partial charge in [0.05, 0.1) is 31.9 Å². The van der Waals surface area contributed by atoms with Crippen molar-refractivity contribution >= 4 is 53.4 Å². The summed E-state index contributed by atoms with van der Waals surface area (Å²) in [7, 11) is 0. The summed E-state index contributed by atoms with van der Waals surface area (Å²) in [6.07, 6.45) is -6.19. The Morgan fingerprint density at radius 2 is 0.889 bits per heavy atom. The Hall–Kier alpha value is -6.40. The number of ether oxygens (including phenoxy) is 2. The molecule has 0 aliphatic rings. The number of benzene rings is 4. The molecule has 4 aromatic carbocycles. The summed E-state index contributed by atoms with van der Waals surface area (Å²) in [4.78, 5) is 24.8. The molecule has 8 rings (SSSR count). The summed E-state index contributed by atoms with van der Waals surface area (Å²) in [5.74, 6) is 1.47. The van der Waals surface area contributed by atoms with Crippen LogP contribution in [0.5, 0.6) is 23.3 Å². The number of hydrogen-bond acceptors (Lipinski definition) is 12. The van der Waals surface area contributed by atoms with Crippen LogP contribution in [0, 0.1) is 0 Å². The molecule has 272 valence electrons. The van der Waals surface area contributed by atoms with Crippen LogP contribution in [0.4, 0.5) is 36.6 Å². The van der Waals surface area contributed by atoms with Crippen molar-refractivity contribution in [3.05, 3.63) is 121 Å². The van der Waals surface area contributed by atoms with Crippen molar-refractivity contribution in [2.24, 2.45) is 0 Å². The molecule has 4 heterocycles. The molecule has 0 aliphatic carbocycles. The quantitative estimate of drug-likeness (QED) is 0.156. The van der Waals surface area contributed by atoms with E-state index in [-0.39, 0.29) is 11.8 Å². The zero-order valence-corrected chi connectivity index (χ0v) is 28.8. The minimum atomic E-state index is -4.38. The largest absolute Gasteiger partial charge is 0.437 e. The highest BCUT2D eigenvalue weighted by Gasteiger charge is 2.31. The van der Waals surface area contributed by atoms with E-state index in [2.05, 4.69) is 29.9 Å². The first-order valence-corrected chi connectivity index (χ1v) is 17.1. The number of alkyl halides is 6. The summed E-state index contributed by atoms with van der Waals surface area (Å²) in [6.45, 7) is 0. The molecule has 0 aliphatic heterocycles. The SMILES string of the molecule is Nc1nc2c(Oc3cc(-c4ccc(C(F)(F)F)cc4)ncn3)cccc2s1.Nc1nc2c(Oc3cc(-c4ccc(C(F)(F)F)cc4)ncn3)cccc2s1. The van der Waals surface area contributed by atoms with E-state index in [1.54, 1.807) is 24.3 Å². The molecule has 4 aromatic heterocycles. The second-order valence-electron chi connectivity index (χ2n) is 11.1. The van der Waals surface area contributed by atoms with E-state index in [1.165, 1.54) is 59.6 Å². The zero-order chi connectivity index (χ0) is 38.0. The first kappa shape index (κ1) is 36.0. The van der Waals surface area contributed by atoms with Crippen LogP contribution in [0.2, 0.25) is 0 Å². The highest BCUT2D eigenvalue weighted by atomic mass is 32.1. The molecule has 0 amide bonds. The molecule has 0 saturated heterocycles. The normalized spacial score (nSPS) is 11.7. The van der Waals surface area contributed by atoms with Gasteiger partial charge in [-0.15, -0.1) is 0 Å². The van der Waals surface area contributed by atoms with Crippen LogP contribution in [-0.4, -0.2) is 29.9 Å². The Morgan fingerprint density at radius 1 is 0.500 bits per heavy atom. The van der Waals surface area contributed by atoms with Crippen molar-refractivity contribution in [2.75, 3.05) is 11.5 Å².